The van der Waals surface area contributed by atoms with Crippen LogP contribution in [0.25, 0.3) is 10.8 Å². The molecule has 1 fully saturated rings. The van der Waals surface area contributed by atoms with Crippen LogP contribution in [0.5, 0.6) is 0 Å². The van der Waals surface area contributed by atoms with E-state index in [2.05, 4.69) is 0 Å². The number of benzene rings is 5. The van der Waals surface area contributed by atoms with Gasteiger partial charge in [0.15, 0.2) is 18.5 Å². The van der Waals surface area contributed by atoms with Gasteiger partial charge < -0.3 is 28.8 Å². The minimum Gasteiger partial charge on any atom is -0.458 e. The standard InChI is InChI=1S/C39H36O8/c1-43-38-37(47-34(41)24-28-16-13-15-27-14-11-12-23-32(27)28)36(44-26-40)35(42)33(46-38)25-45-39(29-17-5-2-6-18-29,30-19-7-3-8-20-30)31-21-9-4-10-22-31/h2-23,26,33,35-38,42H,24-25H2,1H3/t33-,35-,36+,37-,38+/m1/s1. The molecule has 1 aliphatic heterocycles. The molecule has 0 spiro atoms. The lowest BCUT2D eigenvalue weighted by Gasteiger charge is -2.44. The Morgan fingerprint density at radius 1 is 0.766 bits per heavy atom. The molecule has 0 aromatic heterocycles. The van der Waals surface area contributed by atoms with Gasteiger partial charge in [-0.2, -0.15) is 0 Å². The Morgan fingerprint density at radius 3 is 1.89 bits per heavy atom. The van der Waals surface area contributed by atoms with Gasteiger partial charge in [-0.15, -0.1) is 0 Å². The Kier molecular flexibility index (Phi) is 10.0. The fraction of sp³-hybridized carbons (Fsp3) is 0.231. The summed E-state index contributed by atoms with van der Waals surface area (Å²) in [4.78, 5) is 24.9. The maximum Gasteiger partial charge on any atom is 0.310 e. The topological polar surface area (TPSA) is 101 Å². The molecule has 47 heavy (non-hydrogen) atoms. The molecule has 6 rings (SSSR count). The molecule has 0 radical (unpaired) electrons. The molecule has 8 nitrogen and oxygen atoms in total. The van der Waals surface area contributed by atoms with Gasteiger partial charge in [-0.25, -0.2) is 0 Å². The van der Waals surface area contributed by atoms with E-state index < -0.39 is 42.3 Å². The van der Waals surface area contributed by atoms with Crippen molar-refractivity contribution in [2.24, 2.45) is 0 Å². The average molecular weight is 633 g/mol. The predicted molar refractivity (Wildman–Crippen MR) is 175 cm³/mol. The Hall–Kier alpha value is -4.86. The monoisotopic (exact) mass is 632 g/mol. The Morgan fingerprint density at radius 2 is 1.32 bits per heavy atom. The van der Waals surface area contributed by atoms with Gasteiger partial charge in [-0.1, -0.05) is 133 Å². The summed E-state index contributed by atoms with van der Waals surface area (Å²) in [5.74, 6) is -0.588. The van der Waals surface area contributed by atoms with Crippen molar-refractivity contribution in [1.82, 2.24) is 0 Å². The second-order valence-electron chi connectivity index (χ2n) is 11.3. The number of aliphatic hydroxyl groups excluding tert-OH is 1. The van der Waals surface area contributed by atoms with Gasteiger partial charge in [0.05, 0.1) is 13.0 Å². The van der Waals surface area contributed by atoms with E-state index in [1.165, 1.54) is 7.11 Å². The number of methoxy groups -OCH3 is 1. The van der Waals surface area contributed by atoms with Gasteiger partial charge >= 0.3 is 5.97 Å². The van der Waals surface area contributed by atoms with Gasteiger partial charge in [0, 0.05) is 7.11 Å². The van der Waals surface area contributed by atoms with Crippen molar-refractivity contribution in [2.45, 2.75) is 42.7 Å². The SMILES string of the molecule is CO[C@H]1O[C@H](COC(c2ccccc2)(c2ccccc2)c2ccccc2)[C@@H](O)[C@H](OC=O)[C@H]1OC(=O)Cc1cccc2ccccc12. The summed E-state index contributed by atoms with van der Waals surface area (Å²) in [7, 11) is 1.39. The zero-order valence-corrected chi connectivity index (χ0v) is 25.9. The van der Waals surface area contributed by atoms with Crippen LogP contribution in [0.15, 0.2) is 133 Å². The molecule has 0 saturated carbocycles. The molecule has 5 aromatic carbocycles. The molecule has 0 aliphatic carbocycles. The highest BCUT2D eigenvalue weighted by Crippen LogP contribution is 2.41. The van der Waals surface area contributed by atoms with Crippen LogP contribution >= 0.6 is 0 Å². The smallest absolute Gasteiger partial charge is 0.310 e. The van der Waals surface area contributed by atoms with Gasteiger partial charge in [0.2, 0.25) is 0 Å². The Bertz CT molecular complexity index is 1660. The summed E-state index contributed by atoms with van der Waals surface area (Å²) in [6, 6.07) is 42.8. The maximum atomic E-state index is 13.3. The van der Waals surface area contributed by atoms with E-state index in [9.17, 15) is 14.7 Å². The van der Waals surface area contributed by atoms with E-state index in [-0.39, 0.29) is 19.5 Å². The quantitative estimate of drug-likeness (QED) is 0.108. The van der Waals surface area contributed by atoms with Crippen molar-refractivity contribution >= 4 is 23.2 Å². The highest BCUT2D eigenvalue weighted by Gasteiger charge is 2.50. The van der Waals surface area contributed by atoms with Crippen molar-refractivity contribution in [1.29, 1.82) is 0 Å². The van der Waals surface area contributed by atoms with Crippen molar-refractivity contribution in [2.75, 3.05) is 13.7 Å². The van der Waals surface area contributed by atoms with E-state index >= 15 is 0 Å². The van der Waals surface area contributed by atoms with E-state index in [1.807, 2.05) is 133 Å². The molecule has 1 N–H and O–H groups in total. The molecule has 1 aliphatic rings. The van der Waals surface area contributed by atoms with E-state index in [1.54, 1.807) is 0 Å². The lowest BCUT2D eigenvalue weighted by atomic mass is 9.80. The van der Waals surface area contributed by atoms with Crippen molar-refractivity contribution in [3.8, 4) is 0 Å². The molecule has 1 saturated heterocycles. The molecule has 0 amide bonds. The predicted octanol–water partition coefficient (Wildman–Crippen LogP) is 5.58. The Labute approximate surface area is 273 Å². The van der Waals surface area contributed by atoms with Crippen LogP contribution in [-0.4, -0.2) is 62.0 Å². The van der Waals surface area contributed by atoms with E-state index in [4.69, 9.17) is 23.7 Å². The molecule has 240 valence electrons. The van der Waals surface area contributed by atoms with E-state index in [0.717, 1.165) is 33.0 Å². The highest BCUT2D eigenvalue weighted by molar-refractivity contribution is 5.89. The lowest BCUT2D eigenvalue weighted by molar-refractivity contribution is -0.302. The third-order valence-electron chi connectivity index (χ3n) is 8.55. The maximum absolute atomic E-state index is 13.3. The number of ether oxygens (including phenoxy) is 5. The minimum atomic E-state index is -1.41. The van der Waals surface area contributed by atoms with Crippen molar-refractivity contribution in [3.05, 3.63) is 156 Å². The lowest BCUT2D eigenvalue weighted by Crippen LogP contribution is -2.61. The van der Waals surface area contributed by atoms with Gasteiger partial charge in [-0.05, 0) is 33.0 Å². The fourth-order valence-electron chi connectivity index (χ4n) is 6.33. The van der Waals surface area contributed by atoms with Crippen molar-refractivity contribution < 1.29 is 38.4 Å². The number of carbonyl (C=O) groups is 2. The second kappa shape index (κ2) is 14.7. The first-order chi connectivity index (χ1) is 23.0. The minimum absolute atomic E-state index is 0.0432. The third-order valence-corrected chi connectivity index (χ3v) is 8.55. The molecule has 0 bridgehead atoms. The molecular weight excluding hydrogens is 596 g/mol. The first-order valence-electron chi connectivity index (χ1n) is 15.5. The molecular formula is C39H36O8. The fourth-order valence-corrected chi connectivity index (χ4v) is 6.33. The normalized spacial score (nSPS) is 21.2. The van der Waals surface area contributed by atoms with Gasteiger partial charge in [-0.3, -0.25) is 9.59 Å². The van der Waals surface area contributed by atoms with Gasteiger partial charge in [0.25, 0.3) is 6.47 Å². The number of aliphatic hydroxyl groups is 1. The molecule has 5 atom stereocenters. The molecule has 0 unspecified atom stereocenters. The van der Waals surface area contributed by atoms with Crippen LogP contribution in [0.1, 0.15) is 22.3 Å². The van der Waals surface area contributed by atoms with Crippen LogP contribution in [0.2, 0.25) is 0 Å². The number of carbonyl (C=O) groups excluding carboxylic acids is 2. The summed E-state index contributed by atoms with van der Waals surface area (Å²) in [6.45, 7) is 0.0900. The zero-order valence-electron chi connectivity index (χ0n) is 25.9. The van der Waals surface area contributed by atoms with Crippen LogP contribution < -0.4 is 0 Å². The number of hydrogen-bond donors (Lipinski definition) is 1. The second-order valence-corrected chi connectivity index (χ2v) is 11.3. The van der Waals surface area contributed by atoms with E-state index in [0.29, 0.717) is 0 Å². The van der Waals surface area contributed by atoms with Crippen LogP contribution in [0.4, 0.5) is 0 Å². The number of esters is 1. The number of fused-ring (bicyclic) bond motifs is 1. The first-order valence-corrected chi connectivity index (χ1v) is 15.5. The number of rotatable bonds is 12. The molecule has 8 heteroatoms. The highest BCUT2D eigenvalue weighted by atomic mass is 16.7. The van der Waals surface area contributed by atoms with Crippen LogP contribution in [0.3, 0.4) is 0 Å². The first kappa shape index (κ1) is 32.1. The van der Waals surface area contributed by atoms with Gasteiger partial charge in [0.1, 0.15) is 17.8 Å². The summed E-state index contributed by atoms with van der Waals surface area (Å²) >= 11 is 0. The summed E-state index contributed by atoms with van der Waals surface area (Å²) in [5, 5.41) is 13.5. The number of hydrogen-bond acceptors (Lipinski definition) is 8. The summed E-state index contributed by atoms with van der Waals surface area (Å²) in [6.07, 6.45) is -6.15. The average Bonchev–Trinajstić information content (AvgIpc) is 3.12. The summed E-state index contributed by atoms with van der Waals surface area (Å²) < 4.78 is 29.8. The molecule has 1 heterocycles. The van der Waals surface area contributed by atoms with Crippen molar-refractivity contribution in [3.63, 3.8) is 0 Å². The largest absolute Gasteiger partial charge is 0.458 e. The zero-order chi connectivity index (χ0) is 32.6. The van der Waals surface area contributed by atoms with Crippen LogP contribution in [-0.2, 0) is 45.3 Å². The Balaban J connectivity index is 1.27. The van der Waals surface area contributed by atoms with Crippen LogP contribution in [0, 0.1) is 0 Å². The molecule has 5 aromatic rings. The third kappa shape index (κ3) is 6.68. The summed E-state index contributed by atoms with van der Waals surface area (Å²) in [5.41, 5.74) is 2.29.